The summed E-state index contributed by atoms with van der Waals surface area (Å²) in [5.74, 6) is 1.05. The molecule has 0 radical (unpaired) electrons. The highest BCUT2D eigenvalue weighted by atomic mass is 35.5. The minimum atomic E-state index is -0.111. The second-order valence-electron chi connectivity index (χ2n) is 5.03. The van der Waals surface area contributed by atoms with Crippen molar-refractivity contribution in [2.45, 2.75) is 18.8 Å². The third-order valence-corrected chi connectivity index (χ3v) is 3.59. The summed E-state index contributed by atoms with van der Waals surface area (Å²) in [6.45, 7) is 0.823. The lowest BCUT2D eigenvalue weighted by Crippen LogP contribution is -2.28. The van der Waals surface area contributed by atoms with Crippen LogP contribution in [0.5, 0.6) is 5.75 Å². The molecule has 2 N–H and O–H groups in total. The van der Waals surface area contributed by atoms with Gasteiger partial charge in [0.1, 0.15) is 12.4 Å². The van der Waals surface area contributed by atoms with Gasteiger partial charge in [0.15, 0.2) is 0 Å². The fourth-order valence-corrected chi connectivity index (χ4v) is 2.33. The molecule has 6 heteroatoms. The normalized spacial score (nSPS) is 14.0. The monoisotopic (exact) mass is 305 g/mol. The van der Waals surface area contributed by atoms with Crippen LogP contribution in [0, 0.1) is 0 Å². The zero-order valence-corrected chi connectivity index (χ0v) is 12.2. The lowest BCUT2D eigenvalue weighted by Gasteiger charge is -2.08. The van der Waals surface area contributed by atoms with E-state index in [-0.39, 0.29) is 5.91 Å². The maximum absolute atomic E-state index is 12.1. The molecule has 1 heterocycles. The number of H-pyrrole nitrogens is 1. The van der Waals surface area contributed by atoms with Crippen LogP contribution in [0.15, 0.2) is 30.5 Å². The fourth-order valence-electron chi connectivity index (χ4n) is 2.15. The van der Waals surface area contributed by atoms with E-state index in [0.717, 1.165) is 18.5 Å². The van der Waals surface area contributed by atoms with E-state index in [2.05, 4.69) is 15.5 Å². The van der Waals surface area contributed by atoms with Crippen LogP contribution >= 0.6 is 11.6 Å². The molecule has 5 nitrogen and oxygen atoms in total. The first-order valence-electron chi connectivity index (χ1n) is 6.94. The quantitative estimate of drug-likeness (QED) is 0.806. The number of carbonyl (C=O) groups is 1. The lowest BCUT2D eigenvalue weighted by molar-refractivity contribution is 0.0946. The Labute approximate surface area is 127 Å². The summed E-state index contributed by atoms with van der Waals surface area (Å²) in [7, 11) is 0. The number of aromatic nitrogens is 2. The van der Waals surface area contributed by atoms with Gasteiger partial charge in [0.2, 0.25) is 0 Å². The van der Waals surface area contributed by atoms with Gasteiger partial charge in [-0.3, -0.25) is 9.89 Å². The fraction of sp³-hybridized carbons (Fsp3) is 0.333. The average Bonchev–Trinajstić information content (AvgIpc) is 3.20. The van der Waals surface area contributed by atoms with Crippen LogP contribution in [-0.4, -0.2) is 29.3 Å². The Kier molecular flexibility index (Phi) is 4.10. The number of nitrogens with zero attached hydrogens (tertiary/aromatic N) is 1. The molecule has 0 saturated heterocycles. The second kappa shape index (κ2) is 6.18. The summed E-state index contributed by atoms with van der Waals surface area (Å²) < 4.78 is 5.52. The number of hydrogen-bond acceptors (Lipinski definition) is 3. The molecule has 110 valence electrons. The first-order chi connectivity index (χ1) is 10.2. The first-order valence-corrected chi connectivity index (χ1v) is 7.31. The Morgan fingerprint density at radius 3 is 3.10 bits per heavy atom. The Balaban J connectivity index is 1.47. The van der Waals surface area contributed by atoms with Crippen molar-refractivity contribution in [2.75, 3.05) is 13.2 Å². The van der Waals surface area contributed by atoms with Gasteiger partial charge in [-0.15, -0.1) is 0 Å². The molecule has 1 saturated carbocycles. The van der Waals surface area contributed by atoms with Crippen LogP contribution in [0.1, 0.15) is 34.8 Å². The average molecular weight is 306 g/mol. The Morgan fingerprint density at radius 1 is 1.48 bits per heavy atom. The number of hydrogen-bond donors (Lipinski definition) is 2. The molecule has 21 heavy (non-hydrogen) atoms. The topological polar surface area (TPSA) is 67.0 Å². The highest BCUT2D eigenvalue weighted by Crippen LogP contribution is 2.40. The number of halogens is 1. The molecule has 0 bridgehead atoms. The Morgan fingerprint density at radius 2 is 2.33 bits per heavy atom. The van der Waals surface area contributed by atoms with Crippen LogP contribution in [0.25, 0.3) is 0 Å². The largest absolute Gasteiger partial charge is 0.492 e. The van der Waals surface area contributed by atoms with Gasteiger partial charge < -0.3 is 10.1 Å². The minimum absolute atomic E-state index is 0.111. The van der Waals surface area contributed by atoms with Crippen molar-refractivity contribution < 1.29 is 9.53 Å². The first kappa shape index (κ1) is 13.9. The van der Waals surface area contributed by atoms with E-state index in [1.807, 2.05) is 12.1 Å². The number of carbonyl (C=O) groups excluding carboxylic acids is 1. The molecule has 0 unspecified atom stereocenters. The number of benzene rings is 1. The molecule has 1 aromatic heterocycles. The predicted octanol–water partition coefficient (Wildman–Crippen LogP) is 2.75. The smallest absolute Gasteiger partial charge is 0.254 e. The van der Waals surface area contributed by atoms with Crippen molar-refractivity contribution in [3.8, 4) is 5.75 Å². The Hall–Kier alpha value is -2.01. The number of nitrogens with one attached hydrogen (secondary N) is 2. The predicted molar refractivity (Wildman–Crippen MR) is 79.8 cm³/mol. The molecular formula is C15H16ClN3O2. The van der Waals surface area contributed by atoms with Crippen LogP contribution in [0.3, 0.4) is 0 Å². The van der Waals surface area contributed by atoms with Gasteiger partial charge in [-0.1, -0.05) is 17.7 Å². The van der Waals surface area contributed by atoms with Crippen LogP contribution < -0.4 is 10.1 Å². The van der Waals surface area contributed by atoms with Crippen molar-refractivity contribution in [3.05, 3.63) is 46.7 Å². The number of ether oxygens (including phenoxy) is 1. The Bertz CT molecular complexity index is 637. The van der Waals surface area contributed by atoms with Crippen molar-refractivity contribution in [2.24, 2.45) is 0 Å². The highest BCUT2D eigenvalue weighted by molar-refractivity contribution is 6.30. The van der Waals surface area contributed by atoms with E-state index in [1.54, 1.807) is 18.3 Å². The van der Waals surface area contributed by atoms with E-state index >= 15 is 0 Å². The van der Waals surface area contributed by atoms with Crippen molar-refractivity contribution in [1.82, 2.24) is 15.5 Å². The summed E-state index contributed by atoms with van der Waals surface area (Å²) >= 11 is 5.87. The third kappa shape index (κ3) is 3.55. The lowest BCUT2D eigenvalue weighted by atomic mass is 10.2. The van der Waals surface area contributed by atoms with E-state index < -0.39 is 0 Å². The second-order valence-corrected chi connectivity index (χ2v) is 5.47. The SMILES string of the molecule is O=C(NCCOc1cccc(Cl)c1)c1cn[nH]c1C1CC1. The highest BCUT2D eigenvalue weighted by Gasteiger charge is 2.29. The van der Waals surface area contributed by atoms with Crippen LogP contribution in [0.2, 0.25) is 5.02 Å². The molecule has 1 aliphatic rings. The van der Waals surface area contributed by atoms with E-state index in [9.17, 15) is 4.79 Å². The van der Waals surface area contributed by atoms with Crippen molar-refractivity contribution in [3.63, 3.8) is 0 Å². The molecule has 3 rings (SSSR count). The molecule has 1 fully saturated rings. The maximum atomic E-state index is 12.1. The number of rotatable bonds is 6. The summed E-state index contributed by atoms with van der Waals surface area (Å²) in [4.78, 5) is 12.1. The number of aromatic amines is 1. The van der Waals surface area contributed by atoms with Gasteiger partial charge in [0, 0.05) is 10.9 Å². The molecule has 0 aliphatic heterocycles. The van der Waals surface area contributed by atoms with Gasteiger partial charge >= 0.3 is 0 Å². The summed E-state index contributed by atoms with van der Waals surface area (Å²) in [6, 6.07) is 7.18. The molecule has 1 amide bonds. The summed E-state index contributed by atoms with van der Waals surface area (Å²) in [5.41, 5.74) is 1.59. The zero-order chi connectivity index (χ0) is 14.7. The van der Waals surface area contributed by atoms with Gasteiger partial charge in [0.25, 0.3) is 5.91 Å². The van der Waals surface area contributed by atoms with Gasteiger partial charge in [-0.25, -0.2) is 0 Å². The standard InChI is InChI=1S/C15H16ClN3O2/c16-11-2-1-3-12(8-11)21-7-6-17-15(20)13-9-18-19-14(13)10-4-5-10/h1-3,8-10H,4-7H2,(H,17,20)(H,18,19). The number of amides is 1. The minimum Gasteiger partial charge on any atom is -0.492 e. The van der Waals surface area contributed by atoms with E-state index in [1.165, 1.54) is 0 Å². The molecular weight excluding hydrogens is 290 g/mol. The summed E-state index contributed by atoms with van der Waals surface area (Å²) in [5, 5.41) is 10.3. The molecule has 1 aliphatic carbocycles. The van der Waals surface area contributed by atoms with E-state index in [0.29, 0.717) is 35.4 Å². The van der Waals surface area contributed by atoms with Crippen LogP contribution in [-0.2, 0) is 0 Å². The van der Waals surface area contributed by atoms with Gasteiger partial charge in [-0.05, 0) is 31.0 Å². The van der Waals surface area contributed by atoms with Crippen molar-refractivity contribution >= 4 is 17.5 Å². The molecule has 1 aromatic carbocycles. The van der Waals surface area contributed by atoms with E-state index in [4.69, 9.17) is 16.3 Å². The molecule has 0 atom stereocenters. The van der Waals surface area contributed by atoms with Gasteiger partial charge in [0.05, 0.1) is 24.0 Å². The summed E-state index contributed by atoms with van der Waals surface area (Å²) in [6.07, 6.45) is 3.83. The molecule has 0 spiro atoms. The third-order valence-electron chi connectivity index (χ3n) is 3.35. The van der Waals surface area contributed by atoms with Gasteiger partial charge in [-0.2, -0.15) is 5.10 Å². The molecule has 2 aromatic rings. The van der Waals surface area contributed by atoms with Crippen molar-refractivity contribution in [1.29, 1.82) is 0 Å². The zero-order valence-electron chi connectivity index (χ0n) is 11.4. The van der Waals surface area contributed by atoms with Crippen LogP contribution in [0.4, 0.5) is 0 Å². The maximum Gasteiger partial charge on any atom is 0.254 e.